The topological polar surface area (TPSA) is 75.7 Å². The first-order chi connectivity index (χ1) is 4.13. The van der Waals surface area contributed by atoms with Gasteiger partial charge in [-0.1, -0.05) is 0 Å². The molecule has 0 bridgehead atoms. The van der Waals surface area contributed by atoms with E-state index in [1.807, 2.05) is 0 Å². The number of carbonyl (C=O) groups is 1. The summed E-state index contributed by atoms with van der Waals surface area (Å²) in [4.78, 5) is 20.5. The molecule has 0 saturated carbocycles. The normalized spacial score (nSPS) is 32.3. The van der Waals surface area contributed by atoms with Gasteiger partial charge in [-0.15, -0.1) is 0 Å². The van der Waals surface area contributed by atoms with Crippen LogP contribution in [0.1, 0.15) is 0 Å². The fraction of sp³-hybridized carbons (Fsp3) is 0.667. The molecule has 7 heteroatoms. The standard InChI is InChI=1S/C3H5O5P.Na/c4-3-7-1-2-8-9(3,5)6;/h1-2H2,(H,5,6);/q;+1/p-1. The summed E-state index contributed by atoms with van der Waals surface area (Å²) in [5.41, 5.74) is -1.27. The summed E-state index contributed by atoms with van der Waals surface area (Å²) < 4.78 is 18.6. The second kappa shape index (κ2) is 3.85. The summed E-state index contributed by atoms with van der Waals surface area (Å²) in [5.74, 6) is 0. The third kappa shape index (κ3) is 2.34. The van der Waals surface area contributed by atoms with E-state index in [1.165, 1.54) is 0 Å². The SMILES string of the molecule is O=C1OCCOP1(=O)[O-].[Na+]. The average Bonchev–Trinajstić information content (AvgIpc) is 1.77. The quantitative estimate of drug-likeness (QED) is 0.284. The molecule has 1 aliphatic heterocycles. The van der Waals surface area contributed by atoms with E-state index in [4.69, 9.17) is 0 Å². The van der Waals surface area contributed by atoms with E-state index >= 15 is 0 Å². The Morgan fingerprint density at radius 2 is 2.10 bits per heavy atom. The van der Waals surface area contributed by atoms with Gasteiger partial charge >= 0.3 is 35.3 Å². The smallest absolute Gasteiger partial charge is 0.770 e. The number of carbonyl (C=O) groups excluding carboxylic acids is 1. The van der Waals surface area contributed by atoms with Crippen molar-refractivity contribution in [3.8, 4) is 0 Å². The van der Waals surface area contributed by atoms with Gasteiger partial charge in [-0.05, 0) is 0 Å². The molecule has 0 N–H and O–H groups in total. The Kier molecular flexibility index (Phi) is 4.09. The summed E-state index contributed by atoms with van der Waals surface area (Å²) in [7, 11) is -4.29. The maximum atomic E-state index is 10.3. The Labute approximate surface area is 79.5 Å². The van der Waals surface area contributed by atoms with Crippen molar-refractivity contribution in [3.63, 3.8) is 0 Å². The molecule has 0 radical (unpaired) electrons. The summed E-state index contributed by atoms with van der Waals surface area (Å²) in [6.45, 7) is -0.0441. The van der Waals surface area contributed by atoms with Crippen molar-refractivity contribution in [2.75, 3.05) is 13.2 Å². The Morgan fingerprint density at radius 3 is 2.40 bits per heavy atom. The van der Waals surface area contributed by atoms with Gasteiger partial charge in [0.05, 0.1) is 6.61 Å². The van der Waals surface area contributed by atoms with Gasteiger partial charge in [-0.25, -0.2) is 4.79 Å². The summed E-state index contributed by atoms with van der Waals surface area (Å²) in [6, 6.07) is 0. The number of rotatable bonds is 0. The van der Waals surface area contributed by atoms with Crippen LogP contribution in [0.4, 0.5) is 4.79 Å². The third-order valence-electron chi connectivity index (χ3n) is 0.794. The van der Waals surface area contributed by atoms with Gasteiger partial charge < -0.3 is 14.2 Å². The molecule has 52 valence electrons. The minimum Gasteiger partial charge on any atom is -0.770 e. The minimum atomic E-state index is -4.29. The van der Waals surface area contributed by atoms with Crippen molar-refractivity contribution >= 4 is 13.3 Å². The third-order valence-corrected chi connectivity index (χ3v) is 1.89. The average molecular weight is 174 g/mol. The molecule has 1 fully saturated rings. The van der Waals surface area contributed by atoms with Crippen molar-refractivity contribution in [2.24, 2.45) is 0 Å². The van der Waals surface area contributed by atoms with Crippen LogP contribution < -0.4 is 34.5 Å². The first kappa shape index (κ1) is 10.6. The molecule has 0 aliphatic carbocycles. The molecule has 1 unspecified atom stereocenters. The first-order valence-electron chi connectivity index (χ1n) is 2.26. The van der Waals surface area contributed by atoms with Gasteiger partial charge in [-0.3, -0.25) is 4.57 Å². The molecular formula is C3H4NaO5P. The van der Waals surface area contributed by atoms with E-state index in [-0.39, 0.29) is 42.8 Å². The second-order valence-electron chi connectivity index (χ2n) is 1.45. The van der Waals surface area contributed by atoms with Crippen LogP contribution in [0.5, 0.6) is 0 Å². The Balaban J connectivity index is 0.000000810. The number of ether oxygens (including phenoxy) is 1. The molecule has 0 amide bonds. The van der Waals surface area contributed by atoms with Gasteiger partial charge in [0.25, 0.3) is 0 Å². The van der Waals surface area contributed by atoms with E-state index in [0.717, 1.165) is 0 Å². The number of hydrogen-bond donors (Lipinski definition) is 0. The van der Waals surface area contributed by atoms with Crippen LogP contribution in [0, 0.1) is 0 Å². The molecule has 1 rings (SSSR count). The van der Waals surface area contributed by atoms with E-state index in [2.05, 4.69) is 9.26 Å². The van der Waals surface area contributed by atoms with Crippen LogP contribution in [0.15, 0.2) is 0 Å². The van der Waals surface area contributed by atoms with Crippen molar-refractivity contribution in [1.82, 2.24) is 0 Å². The molecule has 1 heterocycles. The van der Waals surface area contributed by atoms with Crippen LogP contribution >= 0.6 is 7.60 Å². The van der Waals surface area contributed by atoms with E-state index < -0.39 is 13.3 Å². The molecule has 1 aliphatic rings. The molecular weight excluding hydrogens is 170 g/mol. The van der Waals surface area contributed by atoms with Crippen molar-refractivity contribution in [3.05, 3.63) is 0 Å². The first-order valence-corrected chi connectivity index (χ1v) is 3.80. The second-order valence-corrected chi connectivity index (χ2v) is 3.06. The van der Waals surface area contributed by atoms with Gasteiger partial charge in [0.15, 0.2) is 0 Å². The fourth-order valence-electron chi connectivity index (χ4n) is 0.418. The summed E-state index contributed by atoms with van der Waals surface area (Å²) >= 11 is 0. The largest absolute Gasteiger partial charge is 1.00 e. The van der Waals surface area contributed by atoms with Crippen molar-refractivity contribution in [2.45, 2.75) is 0 Å². The summed E-state index contributed by atoms with van der Waals surface area (Å²) in [5, 5.41) is 0. The Bertz CT molecular complexity index is 180. The number of cyclic esters (lactones) is 1. The molecule has 1 atom stereocenters. The number of hydrogen-bond acceptors (Lipinski definition) is 5. The van der Waals surface area contributed by atoms with Crippen LogP contribution in [0.2, 0.25) is 0 Å². The maximum Gasteiger partial charge on any atom is 1.00 e. The predicted molar refractivity (Wildman–Crippen MR) is 24.9 cm³/mol. The van der Waals surface area contributed by atoms with Crippen LogP contribution in [-0.2, 0) is 13.8 Å². The van der Waals surface area contributed by atoms with Crippen LogP contribution in [0.3, 0.4) is 0 Å². The molecule has 0 aromatic rings. The van der Waals surface area contributed by atoms with Gasteiger partial charge in [0.1, 0.15) is 6.61 Å². The summed E-state index contributed by atoms with van der Waals surface area (Å²) in [6.07, 6.45) is 0. The monoisotopic (exact) mass is 174 g/mol. The van der Waals surface area contributed by atoms with Gasteiger partial charge in [-0.2, -0.15) is 0 Å². The Hall–Kier alpha value is 0.620. The zero-order valence-corrected chi connectivity index (χ0v) is 8.30. The van der Waals surface area contributed by atoms with E-state index in [0.29, 0.717) is 0 Å². The minimum absolute atomic E-state index is 0. The van der Waals surface area contributed by atoms with Gasteiger partial charge in [0.2, 0.25) is 7.60 Å². The molecule has 10 heavy (non-hydrogen) atoms. The van der Waals surface area contributed by atoms with Crippen molar-refractivity contribution in [1.29, 1.82) is 0 Å². The van der Waals surface area contributed by atoms with Crippen LogP contribution in [-0.4, -0.2) is 18.9 Å². The fourth-order valence-corrected chi connectivity index (χ4v) is 1.09. The molecule has 0 spiro atoms. The molecule has 0 aromatic carbocycles. The van der Waals surface area contributed by atoms with Crippen molar-refractivity contribution < 1.29 is 53.1 Å². The zero-order chi connectivity index (χ0) is 6.91. The predicted octanol–water partition coefficient (Wildman–Crippen LogP) is -3.29. The Morgan fingerprint density at radius 1 is 1.50 bits per heavy atom. The van der Waals surface area contributed by atoms with E-state index in [9.17, 15) is 14.3 Å². The molecule has 5 nitrogen and oxygen atoms in total. The maximum absolute atomic E-state index is 10.3. The van der Waals surface area contributed by atoms with Crippen LogP contribution in [0.25, 0.3) is 0 Å². The molecule has 1 saturated heterocycles. The van der Waals surface area contributed by atoms with Gasteiger partial charge in [0, 0.05) is 0 Å². The molecule has 0 aromatic heterocycles. The zero-order valence-electron chi connectivity index (χ0n) is 5.40. The van der Waals surface area contributed by atoms with E-state index in [1.54, 1.807) is 0 Å².